The molecule has 5 N–H and O–H groups in total. The van der Waals surface area contributed by atoms with Crippen LogP contribution in [0.1, 0.15) is 123 Å². The summed E-state index contributed by atoms with van der Waals surface area (Å²) in [5.74, 6) is -2.51. The lowest BCUT2D eigenvalue weighted by molar-refractivity contribution is -0.161. The average Bonchev–Trinajstić information content (AvgIpc) is 3.13. The van der Waals surface area contributed by atoms with Gasteiger partial charge in [0.1, 0.15) is 12.6 Å². The molecule has 0 spiro atoms. The van der Waals surface area contributed by atoms with E-state index >= 15 is 0 Å². The van der Waals surface area contributed by atoms with Crippen LogP contribution >= 0.6 is 7.82 Å². The Hall–Kier alpha value is -3.12. The summed E-state index contributed by atoms with van der Waals surface area (Å²) in [6.07, 6.45) is 36.1. The zero-order chi connectivity index (χ0) is 39.4. The number of unbranched alkanes of at least 4 members (excludes halogenated alkanes) is 8. The predicted octanol–water partition coefficient (Wildman–Crippen LogP) is 8.36. The highest BCUT2D eigenvalue weighted by Gasteiger charge is 2.28. The normalized spacial score (nSPS) is 15.3. The molecule has 12 nitrogen and oxygen atoms in total. The van der Waals surface area contributed by atoms with E-state index in [0.717, 1.165) is 57.8 Å². The molecule has 0 aromatic rings. The van der Waals surface area contributed by atoms with E-state index in [1.165, 1.54) is 12.8 Å². The van der Waals surface area contributed by atoms with Crippen molar-refractivity contribution >= 4 is 25.7 Å². The van der Waals surface area contributed by atoms with Crippen molar-refractivity contribution in [3.05, 3.63) is 72.9 Å². The van der Waals surface area contributed by atoms with Gasteiger partial charge >= 0.3 is 25.7 Å². The third kappa shape index (κ3) is 34.4. The third-order valence-corrected chi connectivity index (χ3v) is 8.46. The maximum atomic E-state index is 12.5. The molecule has 0 bridgehead atoms. The van der Waals surface area contributed by atoms with Gasteiger partial charge < -0.3 is 30.3 Å². The van der Waals surface area contributed by atoms with Gasteiger partial charge in [-0.2, -0.15) is 0 Å². The summed E-state index contributed by atoms with van der Waals surface area (Å²) >= 11 is 0. The van der Waals surface area contributed by atoms with Crippen LogP contribution in [0.25, 0.3) is 0 Å². The average molecular weight is 768 g/mol. The molecule has 0 aromatic heterocycles. The molecule has 0 amide bonds. The fourth-order valence-electron chi connectivity index (χ4n) is 4.45. The number of phosphoric acid groups is 1. The van der Waals surface area contributed by atoms with Crippen LogP contribution in [0, 0.1) is 0 Å². The molecule has 13 heteroatoms. The van der Waals surface area contributed by atoms with Crippen LogP contribution < -0.4 is 5.73 Å². The first-order valence-electron chi connectivity index (χ1n) is 19.1. The highest BCUT2D eigenvalue weighted by molar-refractivity contribution is 7.47. The molecule has 0 fully saturated rings. The largest absolute Gasteiger partial charge is 0.480 e. The number of rotatable bonds is 34. The van der Waals surface area contributed by atoms with Gasteiger partial charge in [-0.3, -0.25) is 23.4 Å². The van der Waals surface area contributed by atoms with Crippen LogP contribution in [0.4, 0.5) is 0 Å². The number of allylic oxidation sites excluding steroid dienone is 10. The number of carboxylic acid groups (broad SMARTS) is 1. The minimum absolute atomic E-state index is 0.120. The minimum atomic E-state index is -4.74. The lowest BCUT2D eigenvalue weighted by atomic mass is 10.1. The number of carbonyl (C=O) groups is 3. The van der Waals surface area contributed by atoms with Crippen molar-refractivity contribution in [2.75, 3.05) is 19.8 Å². The van der Waals surface area contributed by atoms with E-state index in [2.05, 4.69) is 29.7 Å². The summed E-state index contributed by atoms with van der Waals surface area (Å²) in [6.45, 7) is 2.41. The molecule has 0 saturated carbocycles. The highest BCUT2D eigenvalue weighted by atomic mass is 31.2. The summed E-state index contributed by atoms with van der Waals surface area (Å²) in [6, 6.07) is -1.54. The Balaban J connectivity index is 4.58. The van der Waals surface area contributed by atoms with Gasteiger partial charge in [0, 0.05) is 12.8 Å². The highest BCUT2D eigenvalue weighted by Crippen LogP contribution is 2.43. The van der Waals surface area contributed by atoms with E-state index in [1.807, 2.05) is 55.5 Å². The van der Waals surface area contributed by atoms with Crippen LogP contribution in [-0.4, -0.2) is 71.1 Å². The van der Waals surface area contributed by atoms with Gasteiger partial charge in [0.15, 0.2) is 6.10 Å². The summed E-state index contributed by atoms with van der Waals surface area (Å²) in [4.78, 5) is 45.7. The van der Waals surface area contributed by atoms with Crippen molar-refractivity contribution < 1.29 is 52.6 Å². The van der Waals surface area contributed by atoms with E-state index in [0.29, 0.717) is 25.7 Å². The minimum Gasteiger partial charge on any atom is -0.480 e. The van der Waals surface area contributed by atoms with Crippen molar-refractivity contribution in [2.45, 2.75) is 141 Å². The topological polar surface area (TPSA) is 192 Å². The van der Waals surface area contributed by atoms with Crippen molar-refractivity contribution in [1.29, 1.82) is 0 Å². The molecule has 0 rings (SSSR count). The Morgan fingerprint density at radius 2 is 1.28 bits per heavy atom. The molecule has 0 aliphatic carbocycles. The quantitative estimate of drug-likeness (QED) is 0.0161. The van der Waals surface area contributed by atoms with Crippen LogP contribution in [0.3, 0.4) is 0 Å². The zero-order valence-electron chi connectivity index (χ0n) is 31.9. The number of aliphatic hydroxyl groups excluding tert-OH is 1. The van der Waals surface area contributed by atoms with E-state index < -0.39 is 63.8 Å². The molecular weight excluding hydrogens is 701 g/mol. The number of carbonyl (C=O) groups excluding carboxylic acids is 2. The Bertz CT molecular complexity index is 1200. The van der Waals surface area contributed by atoms with E-state index in [-0.39, 0.29) is 12.8 Å². The number of aliphatic hydroxyl groups is 1. The second kappa shape index (κ2) is 34.6. The second-order valence-electron chi connectivity index (χ2n) is 12.5. The van der Waals surface area contributed by atoms with Gasteiger partial charge in [0.25, 0.3) is 0 Å². The Morgan fingerprint density at radius 3 is 2.00 bits per heavy atom. The van der Waals surface area contributed by atoms with Crippen LogP contribution in [-0.2, 0) is 37.5 Å². The lowest BCUT2D eigenvalue weighted by Crippen LogP contribution is -2.34. The van der Waals surface area contributed by atoms with Gasteiger partial charge in [-0.15, -0.1) is 0 Å². The number of ether oxygens (including phenoxy) is 2. The monoisotopic (exact) mass is 767 g/mol. The molecule has 0 aliphatic rings. The number of hydrogen-bond acceptors (Lipinski definition) is 10. The van der Waals surface area contributed by atoms with Gasteiger partial charge in [0.05, 0.1) is 19.3 Å². The molecule has 2 unspecified atom stereocenters. The summed E-state index contributed by atoms with van der Waals surface area (Å²) in [5.41, 5.74) is 5.30. The van der Waals surface area contributed by atoms with Crippen molar-refractivity contribution in [1.82, 2.24) is 0 Å². The van der Waals surface area contributed by atoms with Crippen molar-refractivity contribution in [3.8, 4) is 0 Å². The van der Waals surface area contributed by atoms with Crippen LogP contribution in [0.15, 0.2) is 72.9 Å². The summed E-state index contributed by atoms with van der Waals surface area (Å²) in [5, 5.41) is 18.6. The molecule has 0 saturated heterocycles. The van der Waals surface area contributed by atoms with Gasteiger partial charge in [-0.05, 0) is 64.2 Å². The summed E-state index contributed by atoms with van der Waals surface area (Å²) < 4.78 is 32.4. The molecule has 0 heterocycles. The van der Waals surface area contributed by atoms with Crippen molar-refractivity contribution in [3.63, 3.8) is 0 Å². The van der Waals surface area contributed by atoms with Crippen molar-refractivity contribution in [2.24, 2.45) is 5.73 Å². The van der Waals surface area contributed by atoms with E-state index in [1.54, 1.807) is 6.08 Å². The number of esters is 2. The molecule has 0 radical (unpaired) electrons. The predicted molar refractivity (Wildman–Crippen MR) is 209 cm³/mol. The van der Waals surface area contributed by atoms with Gasteiger partial charge in [0.2, 0.25) is 0 Å². The maximum Gasteiger partial charge on any atom is 0.472 e. The SMILES string of the molecule is CC/C=C\C(O)C/C=C/C=C\C/C=C\C/C=C\CCCC(=O)OC[C@H](COP(=O)(O)OC[C@H](N)C(=O)O)OC(=O)CCCCCCC/C=C\CCCC. The second-order valence-corrected chi connectivity index (χ2v) is 14.0. The fourth-order valence-corrected chi connectivity index (χ4v) is 5.23. The fraction of sp³-hybridized carbons (Fsp3) is 0.625. The first kappa shape index (κ1) is 49.9. The third-order valence-electron chi connectivity index (χ3n) is 7.51. The Morgan fingerprint density at radius 1 is 0.698 bits per heavy atom. The van der Waals surface area contributed by atoms with E-state index in [9.17, 15) is 28.9 Å². The molecular formula is C40H66NO11P. The Labute approximate surface area is 317 Å². The first-order valence-corrected chi connectivity index (χ1v) is 20.6. The van der Waals surface area contributed by atoms with Crippen LogP contribution in [0.2, 0.25) is 0 Å². The number of carboxylic acids is 1. The molecule has 53 heavy (non-hydrogen) atoms. The first-order chi connectivity index (χ1) is 25.5. The zero-order valence-corrected chi connectivity index (χ0v) is 32.8. The maximum absolute atomic E-state index is 12.5. The van der Waals surface area contributed by atoms with Gasteiger partial charge in [-0.25, -0.2) is 4.57 Å². The summed E-state index contributed by atoms with van der Waals surface area (Å²) in [7, 11) is -4.74. The molecule has 0 aliphatic heterocycles. The number of aliphatic carboxylic acids is 1. The number of nitrogens with two attached hydrogens (primary N) is 1. The standard InChI is InChI=1S/C40H66NO11P/c1-3-5-7-8-9-10-13-18-21-24-27-31-39(44)52-36(33-50-53(47,48)51-34-37(41)40(45)46)32-49-38(43)30-26-23-20-17-15-12-11-14-16-19-22-25-29-35(42)28-6-4-2/h6,8-9,11-12,16-17,19-20,22,25,28,35-37,42H,3-5,7,10,13-15,18,21,23-24,26-27,29-34,41H2,1-2H3,(H,45,46)(H,47,48)/b9-8-,12-11-,19-16-,20-17-,25-22+,28-6-/t35?,36-,37+/m1/s1. The van der Waals surface area contributed by atoms with Gasteiger partial charge in [-0.1, -0.05) is 119 Å². The number of hydrogen-bond donors (Lipinski definition) is 4. The van der Waals surface area contributed by atoms with Crippen LogP contribution in [0.5, 0.6) is 0 Å². The lowest BCUT2D eigenvalue weighted by Gasteiger charge is -2.20. The smallest absolute Gasteiger partial charge is 0.472 e. The van der Waals surface area contributed by atoms with E-state index in [4.69, 9.17) is 24.8 Å². The molecule has 4 atom stereocenters. The number of phosphoric ester groups is 1. The Kier molecular flexibility index (Phi) is 32.6. The molecule has 302 valence electrons. The molecule has 0 aromatic carbocycles.